The number of methoxy groups -OCH3 is 1. The minimum absolute atomic E-state index is 0.187. The molecule has 6 heteroatoms. The zero-order valence-corrected chi connectivity index (χ0v) is 18.5. The summed E-state index contributed by atoms with van der Waals surface area (Å²) < 4.78 is 5.15. The average Bonchev–Trinajstić information content (AvgIpc) is 3.32. The summed E-state index contributed by atoms with van der Waals surface area (Å²) in [5, 5.41) is 5.93. The van der Waals surface area contributed by atoms with Gasteiger partial charge in [-0.2, -0.15) is 0 Å². The fourth-order valence-corrected chi connectivity index (χ4v) is 3.87. The number of carbonyl (C=O) groups is 2. The molecule has 0 spiro atoms. The number of rotatable bonds is 10. The summed E-state index contributed by atoms with van der Waals surface area (Å²) in [6.07, 6.45) is 4.81. The van der Waals surface area contributed by atoms with Crippen molar-refractivity contribution >= 4 is 23.2 Å². The third-order valence-electron chi connectivity index (χ3n) is 5.55. The fraction of sp³-hybridized carbons (Fsp3) is 0.440. The first kappa shape index (κ1) is 22.8. The van der Waals surface area contributed by atoms with Gasteiger partial charge >= 0.3 is 0 Å². The predicted octanol–water partition coefficient (Wildman–Crippen LogP) is 4.36. The Morgan fingerprint density at radius 1 is 1.10 bits per heavy atom. The maximum absolute atomic E-state index is 13.0. The Hall–Kier alpha value is -2.86. The molecule has 6 nitrogen and oxygen atoms in total. The molecule has 31 heavy (non-hydrogen) atoms. The third kappa shape index (κ3) is 6.56. The zero-order valence-electron chi connectivity index (χ0n) is 18.5. The molecule has 0 radical (unpaired) electrons. The second-order valence-electron chi connectivity index (χ2n) is 8.04. The van der Waals surface area contributed by atoms with Crippen LogP contribution in [0.1, 0.15) is 54.9 Å². The lowest BCUT2D eigenvalue weighted by molar-refractivity contribution is -0.118. The topological polar surface area (TPSA) is 70.7 Å². The lowest BCUT2D eigenvalue weighted by atomic mass is 10.1. The van der Waals surface area contributed by atoms with Gasteiger partial charge < -0.3 is 20.3 Å². The monoisotopic (exact) mass is 423 g/mol. The van der Waals surface area contributed by atoms with Gasteiger partial charge in [0.15, 0.2) is 0 Å². The smallest absolute Gasteiger partial charge is 0.251 e. The van der Waals surface area contributed by atoms with E-state index < -0.39 is 6.04 Å². The number of nitrogens with zero attached hydrogens (tertiary/aromatic N) is 1. The van der Waals surface area contributed by atoms with Crippen molar-refractivity contribution in [2.75, 3.05) is 30.4 Å². The number of hydrogen-bond acceptors (Lipinski definition) is 4. The molecular weight excluding hydrogens is 390 g/mol. The van der Waals surface area contributed by atoms with E-state index in [2.05, 4.69) is 28.5 Å². The van der Waals surface area contributed by atoms with E-state index in [0.29, 0.717) is 18.6 Å². The van der Waals surface area contributed by atoms with Crippen molar-refractivity contribution in [2.45, 2.75) is 51.7 Å². The van der Waals surface area contributed by atoms with Crippen LogP contribution in [0, 0.1) is 0 Å². The van der Waals surface area contributed by atoms with Crippen LogP contribution >= 0.6 is 0 Å². The van der Waals surface area contributed by atoms with Crippen molar-refractivity contribution in [1.29, 1.82) is 0 Å². The van der Waals surface area contributed by atoms with Crippen LogP contribution in [0.25, 0.3) is 0 Å². The molecule has 166 valence electrons. The molecular formula is C25H33N3O3. The van der Waals surface area contributed by atoms with Gasteiger partial charge in [-0.3, -0.25) is 9.59 Å². The van der Waals surface area contributed by atoms with Crippen molar-refractivity contribution in [3.05, 3.63) is 59.7 Å². The normalized spacial score (nSPS) is 14.3. The molecule has 1 heterocycles. The number of benzene rings is 2. The van der Waals surface area contributed by atoms with Crippen LogP contribution in [0.15, 0.2) is 48.5 Å². The largest absolute Gasteiger partial charge is 0.380 e. The standard InChI is InChI=1S/C25H33N3O3/c1-3-4-13-23(27-24(29)20-10-7-9-19(16-20)18-31-2)25(30)26-21-11-8-12-22(17-21)28-14-5-6-15-28/h7-12,16-17,23H,3-6,13-15,18H2,1-2H3,(H,26,30)(H,27,29). The number of unbranched alkanes of at least 4 members (excludes halogenated alkanes) is 1. The molecule has 2 N–H and O–H groups in total. The van der Waals surface area contributed by atoms with E-state index in [-0.39, 0.29) is 11.8 Å². The second-order valence-corrected chi connectivity index (χ2v) is 8.04. The molecule has 3 rings (SSSR count). The molecule has 0 aliphatic carbocycles. The summed E-state index contributed by atoms with van der Waals surface area (Å²) in [4.78, 5) is 28.2. The van der Waals surface area contributed by atoms with E-state index in [0.717, 1.165) is 42.9 Å². The molecule has 2 aromatic rings. The number of hydrogen-bond donors (Lipinski definition) is 2. The summed E-state index contributed by atoms with van der Waals surface area (Å²) in [5.41, 5.74) is 3.33. The molecule has 2 aromatic carbocycles. The van der Waals surface area contributed by atoms with Gasteiger partial charge in [-0.05, 0) is 55.2 Å². The van der Waals surface area contributed by atoms with Gasteiger partial charge in [0.1, 0.15) is 6.04 Å². The van der Waals surface area contributed by atoms with Crippen LogP contribution in [-0.4, -0.2) is 38.1 Å². The summed E-state index contributed by atoms with van der Waals surface area (Å²) >= 11 is 0. The summed E-state index contributed by atoms with van der Waals surface area (Å²) in [6.45, 7) is 4.61. The lowest BCUT2D eigenvalue weighted by Crippen LogP contribution is -2.43. The summed E-state index contributed by atoms with van der Waals surface area (Å²) in [5.74, 6) is -0.437. The Kier molecular flexibility index (Phi) is 8.47. The maximum atomic E-state index is 13.0. The zero-order chi connectivity index (χ0) is 22.1. The highest BCUT2D eigenvalue weighted by Crippen LogP contribution is 2.23. The summed E-state index contributed by atoms with van der Waals surface area (Å²) in [6, 6.07) is 14.6. The highest BCUT2D eigenvalue weighted by Gasteiger charge is 2.22. The number of carbonyl (C=O) groups excluding carboxylic acids is 2. The first-order chi connectivity index (χ1) is 15.1. The van der Waals surface area contributed by atoms with Crippen LogP contribution in [0.4, 0.5) is 11.4 Å². The van der Waals surface area contributed by atoms with Gasteiger partial charge in [0.25, 0.3) is 5.91 Å². The van der Waals surface area contributed by atoms with Crippen molar-refractivity contribution in [1.82, 2.24) is 5.32 Å². The predicted molar refractivity (Wildman–Crippen MR) is 124 cm³/mol. The van der Waals surface area contributed by atoms with Crippen LogP contribution < -0.4 is 15.5 Å². The molecule has 1 saturated heterocycles. The SMILES string of the molecule is CCCCC(NC(=O)c1cccc(COC)c1)C(=O)Nc1cccc(N2CCCC2)c1. The first-order valence-corrected chi connectivity index (χ1v) is 11.2. The second kappa shape index (κ2) is 11.5. The number of anilines is 2. The number of nitrogens with one attached hydrogen (secondary N) is 2. The lowest BCUT2D eigenvalue weighted by Gasteiger charge is -2.21. The molecule has 1 aliphatic rings. The average molecular weight is 424 g/mol. The third-order valence-corrected chi connectivity index (χ3v) is 5.55. The Bertz CT molecular complexity index is 878. The molecule has 1 unspecified atom stereocenters. The van der Waals surface area contributed by atoms with Gasteiger partial charge in [0.05, 0.1) is 6.61 Å². The molecule has 1 fully saturated rings. The minimum atomic E-state index is -0.589. The molecule has 0 aromatic heterocycles. The number of amides is 2. The van der Waals surface area contributed by atoms with Gasteiger partial charge in [-0.15, -0.1) is 0 Å². The maximum Gasteiger partial charge on any atom is 0.251 e. The Balaban J connectivity index is 1.68. The van der Waals surface area contributed by atoms with Crippen LogP contribution in [0.3, 0.4) is 0 Å². The van der Waals surface area contributed by atoms with Gasteiger partial charge in [-0.25, -0.2) is 0 Å². The van der Waals surface area contributed by atoms with Crippen LogP contribution in [-0.2, 0) is 16.1 Å². The van der Waals surface area contributed by atoms with Gasteiger partial charge in [0, 0.05) is 37.1 Å². The molecule has 1 atom stereocenters. The van der Waals surface area contributed by atoms with Crippen molar-refractivity contribution in [3.8, 4) is 0 Å². The van der Waals surface area contributed by atoms with Crippen LogP contribution in [0.5, 0.6) is 0 Å². The van der Waals surface area contributed by atoms with E-state index in [9.17, 15) is 9.59 Å². The fourth-order valence-electron chi connectivity index (χ4n) is 3.87. The van der Waals surface area contributed by atoms with Crippen LogP contribution in [0.2, 0.25) is 0 Å². The Labute approximate surface area is 185 Å². The molecule has 2 amide bonds. The first-order valence-electron chi connectivity index (χ1n) is 11.2. The highest BCUT2D eigenvalue weighted by atomic mass is 16.5. The van der Waals surface area contributed by atoms with E-state index in [1.54, 1.807) is 19.2 Å². The highest BCUT2D eigenvalue weighted by molar-refractivity contribution is 6.01. The van der Waals surface area contributed by atoms with E-state index in [4.69, 9.17) is 4.74 Å². The Morgan fingerprint density at radius 2 is 1.87 bits per heavy atom. The summed E-state index contributed by atoms with van der Waals surface area (Å²) in [7, 11) is 1.62. The molecule has 0 saturated carbocycles. The van der Waals surface area contributed by atoms with Gasteiger partial charge in [0.2, 0.25) is 5.91 Å². The van der Waals surface area contributed by atoms with Crippen molar-refractivity contribution in [2.24, 2.45) is 0 Å². The minimum Gasteiger partial charge on any atom is -0.380 e. The van der Waals surface area contributed by atoms with Gasteiger partial charge in [-0.1, -0.05) is 38.0 Å². The molecule has 0 bridgehead atoms. The van der Waals surface area contributed by atoms with Crippen molar-refractivity contribution < 1.29 is 14.3 Å². The van der Waals surface area contributed by atoms with E-state index in [1.165, 1.54) is 12.8 Å². The Morgan fingerprint density at radius 3 is 2.61 bits per heavy atom. The van der Waals surface area contributed by atoms with E-state index in [1.807, 2.05) is 30.3 Å². The number of ether oxygens (including phenoxy) is 1. The van der Waals surface area contributed by atoms with E-state index >= 15 is 0 Å². The molecule has 1 aliphatic heterocycles. The quantitative estimate of drug-likeness (QED) is 0.596. The van der Waals surface area contributed by atoms with Crippen molar-refractivity contribution in [3.63, 3.8) is 0 Å².